The second-order valence-corrected chi connectivity index (χ2v) is 4.28. The van der Waals surface area contributed by atoms with E-state index in [1.165, 1.54) is 0 Å². The van der Waals surface area contributed by atoms with Crippen LogP contribution in [0.25, 0.3) is 0 Å². The summed E-state index contributed by atoms with van der Waals surface area (Å²) in [5.41, 5.74) is 6.51. The zero-order valence-electron chi connectivity index (χ0n) is 7.15. The van der Waals surface area contributed by atoms with Gasteiger partial charge in [0, 0.05) is 21.1 Å². The second-order valence-electron chi connectivity index (χ2n) is 3.03. The van der Waals surface area contributed by atoms with Crippen molar-refractivity contribution < 1.29 is 0 Å². The van der Waals surface area contributed by atoms with E-state index < -0.39 is 0 Å². The smallest absolute Gasteiger partial charge is 0.0468 e. The zero-order valence-corrected chi connectivity index (χ0v) is 9.42. The highest BCUT2D eigenvalue weighted by Gasteiger charge is 2.09. The molecule has 2 N–H and O–H groups in total. The van der Waals surface area contributed by atoms with Crippen molar-refractivity contribution in [2.45, 2.75) is 19.4 Å². The summed E-state index contributed by atoms with van der Waals surface area (Å²) in [5.74, 6) is 0. The Morgan fingerprint density at radius 1 is 1.23 bits per heavy atom. The molecule has 0 amide bonds. The Labute approximate surface area is 92.8 Å². The third kappa shape index (κ3) is 3.03. The minimum atomic E-state index is 0.0381. The van der Waals surface area contributed by atoms with Crippen LogP contribution in [0.15, 0.2) is 12.1 Å². The SMILES string of the molecule is CC(N)Cc1c(Cl)cc(Cl)cc1Cl. The molecule has 0 heterocycles. The highest BCUT2D eigenvalue weighted by atomic mass is 35.5. The highest BCUT2D eigenvalue weighted by molar-refractivity contribution is 6.39. The molecule has 1 unspecified atom stereocenters. The molecule has 0 aliphatic heterocycles. The lowest BCUT2D eigenvalue weighted by atomic mass is 10.1. The third-order valence-corrected chi connectivity index (χ3v) is 2.52. The van der Waals surface area contributed by atoms with Gasteiger partial charge in [-0.15, -0.1) is 0 Å². The number of rotatable bonds is 2. The van der Waals surface area contributed by atoms with E-state index in [-0.39, 0.29) is 6.04 Å². The van der Waals surface area contributed by atoms with Crippen LogP contribution < -0.4 is 5.73 Å². The lowest BCUT2D eigenvalue weighted by Crippen LogP contribution is -2.18. The average molecular weight is 239 g/mol. The van der Waals surface area contributed by atoms with Crippen LogP contribution >= 0.6 is 34.8 Å². The fraction of sp³-hybridized carbons (Fsp3) is 0.333. The van der Waals surface area contributed by atoms with Gasteiger partial charge in [-0.3, -0.25) is 0 Å². The molecular formula is C9H10Cl3N. The normalized spacial score (nSPS) is 13.0. The molecule has 0 aromatic heterocycles. The van der Waals surface area contributed by atoms with E-state index in [9.17, 15) is 0 Å². The maximum atomic E-state index is 5.95. The minimum absolute atomic E-state index is 0.0381. The molecule has 0 saturated heterocycles. The van der Waals surface area contributed by atoms with Gasteiger partial charge >= 0.3 is 0 Å². The van der Waals surface area contributed by atoms with E-state index in [0.29, 0.717) is 21.5 Å². The number of hydrogen-bond donors (Lipinski definition) is 1. The highest BCUT2D eigenvalue weighted by Crippen LogP contribution is 2.29. The summed E-state index contributed by atoms with van der Waals surface area (Å²) >= 11 is 17.7. The first-order valence-corrected chi connectivity index (χ1v) is 5.03. The zero-order chi connectivity index (χ0) is 10.0. The van der Waals surface area contributed by atoms with Gasteiger partial charge < -0.3 is 5.73 Å². The van der Waals surface area contributed by atoms with Gasteiger partial charge in [0.2, 0.25) is 0 Å². The minimum Gasteiger partial charge on any atom is -0.328 e. The van der Waals surface area contributed by atoms with Crippen molar-refractivity contribution in [3.63, 3.8) is 0 Å². The molecular weight excluding hydrogens is 228 g/mol. The summed E-state index contributed by atoms with van der Waals surface area (Å²) in [6.45, 7) is 1.90. The second kappa shape index (κ2) is 4.52. The largest absolute Gasteiger partial charge is 0.328 e. The molecule has 1 nitrogen and oxygen atoms in total. The van der Waals surface area contributed by atoms with Gasteiger partial charge in [-0.25, -0.2) is 0 Å². The van der Waals surface area contributed by atoms with Gasteiger partial charge in [0.1, 0.15) is 0 Å². The van der Waals surface area contributed by atoms with Gasteiger partial charge in [0.05, 0.1) is 0 Å². The Morgan fingerprint density at radius 3 is 2.08 bits per heavy atom. The van der Waals surface area contributed by atoms with Crippen LogP contribution in [0.3, 0.4) is 0 Å². The molecule has 4 heteroatoms. The Morgan fingerprint density at radius 2 is 1.69 bits per heavy atom. The third-order valence-electron chi connectivity index (χ3n) is 1.63. The Balaban J connectivity index is 3.06. The molecule has 0 spiro atoms. The van der Waals surface area contributed by atoms with Crippen LogP contribution in [-0.4, -0.2) is 6.04 Å². The molecule has 1 aromatic carbocycles. The number of halogens is 3. The predicted molar refractivity (Wildman–Crippen MR) is 58.8 cm³/mol. The molecule has 0 aliphatic rings. The van der Waals surface area contributed by atoms with Crippen LogP contribution in [-0.2, 0) is 6.42 Å². The summed E-state index contributed by atoms with van der Waals surface area (Å²) in [6.07, 6.45) is 0.662. The monoisotopic (exact) mass is 237 g/mol. The van der Waals surface area contributed by atoms with Crippen LogP contribution in [0.5, 0.6) is 0 Å². The van der Waals surface area contributed by atoms with E-state index in [1.54, 1.807) is 12.1 Å². The fourth-order valence-electron chi connectivity index (χ4n) is 1.09. The fourth-order valence-corrected chi connectivity index (χ4v) is 2.06. The van der Waals surface area contributed by atoms with Crippen LogP contribution in [0.1, 0.15) is 12.5 Å². The van der Waals surface area contributed by atoms with Gasteiger partial charge in [-0.05, 0) is 31.0 Å². The average Bonchev–Trinajstić information content (AvgIpc) is 1.96. The molecule has 0 radical (unpaired) electrons. The van der Waals surface area contributed by atoms with E-state index in [2.05, 4.69) is 0 Å². The van der Waals surface area contributed by atoms with Gasteiger partial charge in [-0.2, -0.15) is 0 Å². The van der Waals surface area contributed by atoms with E-state index in [0.717, 1.165) is 5.56 Å². The van der Waals surface area contributed by atoms with E-state index >= 15 is 0 Å². The van der Waals surface area contributed by atoms with Crippen molar-refractivity contribution in [1.29, 1.82) is 0 Å². The van der Waals surface area contributed by atoms with E-state index in [4.69, 9.17) is 40.5 Å². The van der Waals surface area contributed by atoms with Crippen LogP contribution in [0, 0.1) is 0 Å². The Hall–Kier alpha value is 0.0500. The molecule has 72 valence electrons. The van der Waals surface area contributed by atoms with Crippen molar-refractivity contribution in [1.82, 2.24) is 0 Å². The number of hydrogen-bond acceptors (Lipinski definition) is 1. The van der Waals surface area contributed by atoms with Crippen molar-refractivity contribution >= 4 is 34.8 Å². The topological polar surface area (TPSA) is 26.0 Å². The summed E-state index contributed by atoms with van der Waals surface area (Å²) < 4.78 is 0. The first-order valence-electron chi connectivity index (χ1n) is 3.89. The standard InChI is InChI=1S/C9H10Cl3N/c1-5(13)2-7-8(11)3-6(10)4-9(7)12/h3-5H,2,13H2,1H3. The first kappa shape index (κ1) is 11.1. The molecule has 1 rings (SSSR count). The summed E-state index contributed by atoms with van der Waals surface area (Å²) in [7, 11) is 0. The molecule has 0 fully saturated rings. The van der Waals surface area contributed by atoms with Crippen molar-refractivity contribution in [2.24, 2.45) is 5.73 Å². The molecule has 0 aliphatic carbocycles. The first-order chi connectivity index (χ1) is 6.00. The molecule has 1 atom stereocenters. The van der Waals surface area contributed by atoms with Gasteiger partial charge in [-0.1, -0.05) is 34.8 Å². The van der Waals surface area contributed by atoms with E-state index in [1.807, 2.05) is 6.92 Å². The van der Waals surface area contributed by atoms with Gasteiger partial charge in [0.25, 0.3) is 0 Å². The maximum absolute atomic E-state index is 5.95. The molecule has 0 bridgehead atoms. The van der Waals surface area contributed by atoms with Crippen LogP contribution in [0.4, 0.5) is 0 Å². The Kier molecular flexibility index (Phi) is 3.87. The lowest BCUT2D eigenvalue weighted by Gasteiger charge is -2.09. The molecule has 0 saturated carbocycles. The summed E-state index contributed by atoms with van der Waals surface area (Å²) in [5, 5.41) is 1.70. The van der Waals surface area contributed by atoms with Crippen molar-refractivity contribution in [3.05, 3.63) is 32.8 Å². The maximum Gasteiger partial charge on any atom is 0.0468 e. The number of benzene rings is 1. The van der Waals surface area contributed by atoms with Crippen LogP contribution in [0.2, 0.25) is 15.1 Å². The van der Waals surface area contributed by atoms with Gasteiger partial charge in [0.15, 0.2) is 0 Å². The summed E-state index contributed by atoms with van der Waals surface area (Å²) in [4.78, 5) is 0. The van der Waals surface area contributed by atoms with Crippen molar-refractivity contribution in [3.8, 4) is 0 Å². The number of nitrogens with two attached hydrogens (primary N) is 1. The quantitative estimate of drug-likeness (QED) is 0.838. The van der Waals surface area contributed by atoms with Crippen molar-refractivity contribution in [2.75, 3.05) is 0 Å². The Bertz CT molecular complexity index is 287. The lowest BCUT2D eigenvalue weighted by molar-refractivity contribution is 0.738. The molecule has 13 heavy (non-hydrogen) atoms. The predicted octanol–water partition coefficient (Wildman–Crippen LogP) is 3.54. The molecule has 1 aromatic rings. The summed E-state index contributed by atoms with van der Waals surface area (Å²) in [6, 6.07) is 3.38.